The number of hydrogen-bond donors (Lipinski definition) is 3. The van der Waals surface area contributed by atoms with E-state index in [4.69, 9.17) is 15.5 Å². The molecule has 1 aliphatic heterocycles. The molecule has 11 nitrogen and oxygen atoms in total. The molecule has 2 fully saturated rings. The Balaban J connectivity index is 1.27. The smallest absolute Gasteiger partial charge is 0.309 e. The predicted octanol–water partition coefficient (Wildman–Crippen LogP) is 5.50. The molecule has 1 aromatic carbocycles. The van der Waals surface area contributed by atoms with Gasteiger partial charge in [0, 0.05) is 53.9 Å². The van der Waals surface area contributed by atoms with Gasteiger partial charge in [0.15, 0.2) is 0 Å². The number of nitrogens with zero attached hydrogens (tertiary/aromatic N) is 5. The molecule has 46 heavy (non-hydrogen) atoms. The van der Waals surface area contributed by atoms with Crippen LogP contribution in [0.25, 0.3) is 16.8 Å². The van der Waals surface area contributed by atoms with Crippen LogP contribution in [0.4, 0.5) is 24.8 Å². The summed E-state index contributed by atoms with van der Waals surface area (Å²) in [6.07, 6.45) is 3.82. The first kappa shape index (κ1) is 31.4. The number of halogens is 3. The maximum Gasteiger partial charge on any atom is 0.309 e. The van der Waals surface area contributed by atoms with Crippen LogP contribution < -0.4 is 11.1 Å². The lowest BCUT2D eigenvalue weighted by atomic mass is 9.73. The number of nitrogens with one attached hydrogen (secondary N) is 1. The lowest BCUT2D eigenvalue weighted by Gasteiger charge is -2.46. The minimum Gasteiger partial charge on any atom is -0.481 e. The van der Waals surface area contributed by atoms with Gasteiger partial charge in [-0.3, -0.25) is 18.9 Å². The Morgan fingerprint density at radius 2 is 1.91 bits per heavy atom. The van der Waals surface area contributed by atoms with E-state index in [9.17, 15) is 23.5 Å². The Bertz CT molecular complexity index is 1790. The molecule has 242 valence electrons. The molecular formula is C32H34F3N7O4. The average molecular weight is 638 g/mol. The van der Waals surface area contributed by atoms with Gasteiger partial charge < -0.3 is 20.9 Å². The summed E-state index contributed by atoms with van der Waals surface area (Å²) in [6.45, 7) is 4.81. The average Bonchev–Trinajstić information content (AvgIpc) is 3.42. The van der Waals surface area contributed by atoms with Gasteiger partial charge in [0.2, 0.25) is 0 Å². The molecule has 2 atom stereocenters. The number of imidazole rings is 1. The maximum atomic E-state index is 15.7. The van der Waals surface area contributed by atoms with Gasteiger partial charge in [-0.05, 0) is 69.9 Å². The van der Waals surface area contributed by atoms with Crippen molar-refractivity contribution in [2.75, 3.05) is 24.2 Å². The highest BCUT2D eigenvalue weighted by atomic mass is 19.3. The number of carbonyl (C=O) groups is 2. The normalized spacial score (nSPS) is 23.9. The highest BCUT2D eigenvalue weighted by Crippen LogP contribution is 2.40. The molecule has 0 radical (unpaired) electrons. The number of morpholine rings is 1. The number of benzene rings is 1. The van der Waals surface area contributed by atoms with Gasteiger partial charge in [0.05, 0.1) is 12.0 Å². The number of rotatable bonds is 7. The van der Waals surface area contributed by atoms with Crippen LogP contribution in [0.2, 0.25) is 0 Å². The molecule has 1 amide bonds. The molecule has 4 aromatic rings. The molecule has 0 unspecified atom stereocenters. The first-order valence-corrected chi connectivity index (χ1v) is 15.0. The predicted molar refractivity (Wildman–Crippen MR) is 163 cm³/mol. The lowest BCUT2D eigenvalue weighted by molar-refractivity contribution is -0.151. The van der Waals surface area contributed by atoms with Gasteiger partial charge in [-0.2, -0.15) is 0 Å². The number of carboxylic acid groups (broad SMARTS) is 1. The molecule has 2 aliphatic rings. The summed E-state index contributed by atoms with van der Waals surface area (Å²) < 4.78 is 49.8. The van der Waals surface area contributed by atoms with Crippen molar-refractivity contribution in [3.63, 3.8) is 0 Å². The molecular weight excluding hydrogens is 603 g/mol. The summed E-state index contributed by atoms with van der Waals surface area (Å²) >= 11 is 0. The molecule has 4 N–H and O–H groups in total. The number of anilines is 2. The topological polar surface area (TPSA) is 148 Å². The first-order chi connectivity index (χ1) is 21.9. The Labute approximate surface area is 262 Å². The van der Waals surface area contributed by atoms with Crippen molar-refractivity contribution >= 4 is 29.0 Å². The number of hydrogen-bond acceptors (Lipinski definition) is 8. The summed E-state index contributed by atoms with van der Waals surface area (Å²) in [5.41, 5.74) is 5.89. The third-order valence-electron chi connectivity index (χ3n) is 9.19. The summed E-state index contributed by atoms with van der Waals surface area (Å²) in [5, 5.41) is 12.1. The highest BCUT2D eigenvalue weighted by molar-refractivity contribution is 6.04. The zero-order chi connectivity index (χ0) is 32.7. The van der Waals surface area contributed by atoms with Crippen molar-refractivity contribution in [2.24, 2.45) is 5.41 Å². The molecule has 3 aromatic heterocycles. The Morgan fingerprint density at radius 3 is 2.61 bits per heavy atom. The quantitative estimate of drug-likeness (QED) is 0.239. The lowest BCUT2D eigenvalue weighted by Crippen LogP contribution is -2.52. The van der Waals surface area contributed by atoms with E-state index < -0.39 is 35.6 Å². The number of aliphatic carboxylic acids is 1. The van der Waals surface area contributed by atoms with Crippen LogP contribution in [0, 0.1) is 11.2 Å². The number of nitrogens with two attached hydrogens (primary N) is 1. The largest absolute Gasteiger partial charge is 0.481 e. The fourth-order valence-electron chi connectivity index (χ4n) is 6.42. The summed E-state index contributed by atoms with van der Waals surface area (Å²) in [5.74, 6) is -1.69. The van der Waals surface area contributed by atoms with Crippen molar-refractivity contribution in [2.45, 2.75) is 64.1 Å². The van der Waals surface area contributed by atoms with Crippen molar-refractivity contribution in [1.29, 1.82) is 0 Å². The van der Waals surface area contributed by atoms with Gasteiger partial charge in [0.25, 0.3) is 12.3 Å². The van der Waals surface area contributed by atoms with Crippen LogP contribution in [0.5, 0.6) is 0 Å². The van der Waals surface area contributed by atoms with Crippen molar-refractivity contribution in [3.05, 3.63) is 71.7 Å². The number of aromatic nitrogens is 4. The number of carboxylic acids is 1. The minimum absolute atomic E-state index is 0.0490. The van der Waals surface area contributed by atoms with Gasteiger partial charge in [-0.1, -0.05) is 0 Å². The number of ether oxygens (including phenoxy) is 1. The molecule has 1 aliphatic carbocycles. The first-order valence-electron chi connectivity index (χ1n) is 15.0. The summed E-state index contributed by atoms with van der Waals surface area (Å²) in [7, 11) is 0. The summed E-state index contributed by atoms with van der Waals surface area (Å²) in [6, 6.07) is 6.33. The number of alkyl halides is 2. The van der Waals surface area contributed by atoms with Crippen molar-refractivity contribution in [3.8, 4) is 11.3 Å². The van der Waals surface area contributed by atoms with E-state index in [0.717, 1.165) is 37.2 Å². The zero-order valence-corrected chi connectivity index (χ0v) is 25.3. The second-order valence-corrected chi connectivity index (χ2v) is 12.2. The van der Waals surface area contributed by atoms with E-state index >= 15 is 4.39 Å². The third-order valence-corrected chi connectivity index (χ3v) is 9.19. The molecule has 1 saturated heterocycles. The van der Waals surface area contributed by atoms with Crippen LogP contribution in [0.15, 0.2) is 48.9 Å². The SMILES string of the molecule is C[C@H]1CO[C@@H](c2nc(-c3ccc(C(=O)Nc4cc(C(F)F)ccn4)cc3F)c3c(N)nccn23)CN1[C@H]1CC[C@](C)(C(=O)O)CC1. The number of nitrogen functional groups attached to an aromatic ring is 1. The second-order valence-electron chi connectivity index (χ2n) is 12.2. The molecule has 6 rings (SSSR count). The minimum atomic E-state index is -2.74. The molecule has 1 saturated carbocycles. The second kappa shape index (κ2) is 12.3. The number of pyridine rings is 1. The number of carbonyl (C=O) groups excluding carboxylic acids is 1. The monoisotopic (exact) mass is 637 g/mol. The van der Waals surface area contributed by atoms with Crippen LogP contribution in [-0.4, -0.2) is 66.5 Å². The van der Waals surface area contributed by atoms with E-state index in [2.05, 4.69) is 27.1 Å². The van der Waals surface area contributed by atoms with E-state index in [1.165, 1.54) is 18.3 Å². The third kappa shape index (κ3) is 5.89. The van der Waals surface area contributed by atoms with Gasteiger partial charge >= 0.3 is 5.97 Å². The fourth-order valence-corrected chi connectivity index (χ4v) is 6.42. The van der Waals surface area contributed by atoms with Crippen LogP contribution in [-0.2, 0) is 9.53 Å². The highest BCUT2D eigenvalue weighted by Gasteiger charge is 2.42. The van der Waals surface area contributed by atoms with Crippen molar-refractivity contribution < 1.29 is 32.6 Å². The van der Waals surface area contributed by atoms with E-state index in [1.54, 1.807) is 17.5 Å². The molecule has 0 spiro atoms. The van der Waals surface area contributed by atoms with Crippen LogP contribution >= 0.6 is 0 Å². The zero-order valence-electron chi connectivity index (χ0n) is 25.3. The fraction of sp³-hybridized carbons (Fsp3) is 0.406. The van der Waals surface area contributed by atoms with Gasteiger partial charge in [-0.15, -0.1) is 0 Å². The van der Waals surface area contributed by atoms with E-state index in [0.29, 0.717) is 37.3 Å². The van der Waals surface area contributed by atoms with Gasteiger partial charge in [-0.25, -0.2) is 28.1 Å². The van der Waals surface area contributed by atoms with Gasteiger partial charge in [0.1, 0.15) is 40.6 Å². The van der Waals surface area contributed by atoms with Crippen molar-refractivity contribution in [1.82, 2.24) is 24.3 Å². The molecule has 4 heterocycles. The number of fused-ring (bicyclic) bond motifs is 1. The Kier molecular flexibility index (Phi) is 8.42. The maximum absolute atomic E-state index is 15.7. The Morgan fingerprint density at radius 1 is 1.15 bits per heavy atom. The van der Waals surface area contributed by atoms with E-state index in [-0.39, 0.29) is 46.1 Å². The van der Waals surface area contributed by atoms with Crippen LogP contribution in [0.1, 0.15) is 73.8 Å². The number of amides is 1. The standard InChI is InChI=1S/C32H34F3N7O4/c1-17-16-46-23(15-42(17)20-5-8-32(2,9-6-20)31(44)45)29-40-25(26-28(36)38-11-12-41(26)29)21-4-3-19(13-22(21)33)30(43)39-24-14-18(27(34)35)7-10-37-24/h3-4,7,10-14,17,20,23,27H,5-6,8-9,15-16H2,1-2H3,(H2,36,38)(H,44,45)(H,37,39,43)/t17-,20-,23+,32-/m0/s1. The summed E-state index contributed by atoms with van der Waals surface area (Å²) in [4.78, 5) is 39.8. The van der Waals surface area contributed by atoms with E-state index in [1.807, 2.05) is 0 Å². The molecule has 14 heteroatoms. The Hall–Kier alpha value is -4.56. The molecule has 0 bridgehead atoms. The van der Waals surface area contributed by atoms with Crippen LogP contribution in [0.3, 0.4) is 0 Å².